The van der Waals surface area contributed by atoms with Gasteiger partial charge in [0.1, 0.15) is 11.6 Å². The maximum Gasteiger partial charge on any atom is 0.260 e. The van der Waals surface area contributed by atoms with Gasteiger partial charge in [0.2, 0.25) is 5.88 Å². The number of ether oxygens (including phenoxy) is 2. The summed E-state index contributed by atoms with van der Waals surface area (Å²) in [7, 11) is 0. The van der Waals surface area contributed by atoms with Crippen LogP contribution in [0.2, 0.25) is 0 Å². The fraction of sp³-hybridized carbons (Fsp3) is 0.650. The lowest BCUT2D eigenvalue weighted by molar-refractivity contribution is -0.133. The van der Waals surface area contributed by atoms with Gasteiger partial charge in [0.15, 0.2) is 6.61 Å². The van der Waals surface area contributed by atoms with Gasteiger partial charge in [0.25, 0.3) is 5.91 Å². The van der Waals surface area contributed by atoms with E-state index in [1.807, 2.05) is 27.7 Å². The largest absolute Gasteiger partial charge is 0.467 e. The molecule has 0 saturated heterocycles. The van der Waals surface area contributed by atoms with Crippen LogP contribution in [-0.4, -0.2) is 41.1 Å². The normalized spacial score (nSPS) is 15.3. The van der Waals surface area contributed by atoms with E-state index in [9.17, 15) is 10.1 Å². The zero-order valence-corrected chi connectivity index (χ0v) is 16.7. The minimum Gasteiger partial charge on any atom is -0.467 e. The number of fused-ring (bicyclic) bond motifs is 1. The Morgan fingerprint density at radius 2 is 2.00 bits per heavy atom. The summed E-state index contributed by atoms with van der Waals surface area (Å²) in [5.41, 5.74) is 2.88. The highest BCUT2D eigenvalue weighted by atomic mass is 16.5. The van der Waals surface area contributed by atoms with Crippen LogP contribution in [0.25, 0.3) is 0 Å². The van der Waals surface area contributed by atoms with Crippen LogP contribution in [-0.2, 0) is 22.6 Å². The number of aromatic nitrogens is 1. The Labute approximate surface area is 156 Å². The van der Waals surface area contributed by atoms with Gasteiger partial charge in [-0.2, -0.15) is 5.26 Å². The first-order valence-electron chi connectivity index (χ1n) is 9.24. The Bertz CT molecular complexity index is 716. The smallest absolute Gasteiger partial charge is 0.260 e. The van der Waals surface area contributed by atoms with Crippen molar-refractivity contribution >= 4 is 5.91 Å². The van der Waals surface area contributed by atoms with Crippen molar-refractivity contribution in [3.8, 4) is 11.9 Å². The summed E-state index contributed by atoms with van der Waals surface area (Å²) in [5, 5.41) is 9.73. The average molecular weight is 359 g/mol. The van der Waals surface area contributed by atoms with Crippen molar-refractivity contribution in [1.82, 2.24) is 9.88 Å². The van der Waals surface area contributed by atoms with Gasteiger partial charge in [-0.15, -0.1) is 0 Å². The van der Waals surface area contributed by atoms with Crippen LogP contribution < -0.4 is 4.74 Å². The summed E-state index contributed by atoms with van der Waals surface area (Å²) in [6.07, 6.45) is 0.619. The highest BCUT2D eigenvalue weighted by Crippen LogP contribution is 2.37. The Kier molecular flexibility index (Phi) is 6.25. The molecule has 0 aromatic carbocycles. The molecular weight excluding hydrogens is 330 g/mol. The second-order valence-corrected chi connectivity index (χ2v) is 7.48. The molecule has 0 radical (unpaired) electrons. The first-order valence-corrected chi connectivity index (χ1v) is 9.24. The molecule has 1 aliphatic rings. The lowest BCUT2D eigenvalue weighted by Gasteiger charge is -2.34. The first kappa shape index (κ1) is 20.2. The van der Waals surface area contributed by atoms with Crippen molar-refractivity contribution in [2.45, 2.75) is 66.1 Å². The number of likely N-dealkylation sites (N-methyl/N-ethyl adjacent to an activating group) is 1. The van der Waals surface area contributed by atoms with Crippen LogP contribution in [0.4, 0.5) is 0 Å². The van der Waals surface area contributed by atoms with Gasteiger partial charge in [-0.1, -0.05) is 13.8 Å². The monoisotopic (exact) mass is 359 g/mol. The average Bonchev–Trinajstić information content (AvgIpc) is 2.58. The summed E-state index contributed by atoms with van der Waals surface area (Å²) in [6, 6.07) is 2.24. The van der Waals surface area contributed by atoms with E-state index in [1.54, 1.807) is 4.90 Å². The van der Waals surface area contributed by atoms with Gasteiger partial charge in [-0.25, -0.2) is 4.98 Å². The molecule has 2 heterocycles. The molecule has 0 atom stereocenters. The Morgan fingerprint density at radius 3 is 2.54 bits per heavy atom. The fourth-order valence-corrected chi connectivity index (χ4v) is 3.26. The summed E-state index contributed by atoms with van der Waals surface area (Å²) < 4.78 is 11.7. The van der Waals surface area contributed by atoms with Gasteiger partial charge in [-0.05, 0) is 39.2 Å². The minimum atomic E-state index is -0.345. The number of hydrogen-bond acceptors (Lipinski definition) is 5. The van der Waals surface area contributed by atoms with Gasteiger partial charge >= 0.3 is 0 Å². The van der Waals surface area contributed by atoms with E-state index in [0.29, 0.717) is 31.7 Å². The molecule has 1 amide bonds. The highest BCUT2D eigenvalue weighted by Gasteiger charge is 2.33. The Balaban J connectivity index is 2.42. The maximum atomic E-state index is 12.3. The van der Waals surface area contributed by atoms with Crippen LogP contribution in [0.3, 0.4) is 0 Å². The van der Waals surface area contributed by atoms with Crippen LogP contribution in [0, 0.1) is 11.3 Å². The van der Waals surface area contributed by atoms with Gasteiger partial charge in [0.05, 0.1) is 17.9 Å². The third kappa shape index (κ3) is 4.16. The second-order valence-electron chi connectivity index (χ2n) is 7.48. The molecule has 0 unspecified atom stereocenters. The van der Waals surface area contributed by atoms with Crippen molar-refractivity contribution in [1.29, 1.82) is 5.26 Å². The molecule has 6 heteroatoms. The van der Waals surface area contributed by atoms with Crippen molar-refractivity contribution in [3.63, 3.8) is 0 Å². The third-order valence-electron chi connectivity index (χ3n) is 4.73. The number of pyridine rings is 1. The van der Waals surface area contributed by atoms with E-state index in [1.165, 1.54) is 0 Å². The first-order chi connectivity index (χ1) is 12.2. The summed E-state index contributed by atoms with van der Waals surface area (Å²) in [4.78, 5) is 18.5. The standard InChI is InChI=1S/C20H29N3O3/c1-7-23(8-2)17(24)12-25-19-15(10-21)14-9-20(5,6)26-11-16(14)18(22-19)13(3)4/h13H,7-9,11-12H2,1-6H3. The van der Waals surface area contributed by atoms with Gasteiger partial charge in [0, 0.05) is 25.1 Å². The van der Waals surface area contributed by atoms with Crippen LogP contribution in [0.15, 0.2) is 0 Å². The van der Waals surface area contributed by atoms with E-state index in [-0.39, 0.29) is 29.9 Å². The minimum absolute atomic E-state index is 0.104. The molecule has 0 N–H and O–H groups in total. The predicted octanol–water partition coefficient (Wildman–Crippen LogP) is 3.18. The number of nitriles is 1. The summed E-state index contributed by atoms with van der Waals surface area (Å²) in [5.74, 6) is 0.323. The zero-order chi connectivity index (χ0) is 19.5. The lowest BCUT2D eigenvalue weighted by atomic mass is 9.86. The highest BCUT2D eigenvalue weighted by molar-refractivity contribution is 5.77. The van der Waals surface area contributed by atoms with Crippen LogP contribution >= 0.6 is 0 Å². The molecule has 0 saturated carbocycles. The molecule has 0 fully saturated rings. The SMILES string of the molecule is CCN(CC)C(=O)COc1nc(C(C)C)c2c(c1C#N)CC(C)(C)OC2. The van der Waals surface area contributed by atoms with Crippen molar-refractivity contribution in [2.24, 2.45) is 0 Å². The number of nitrogens with zero attached hydrogens (tertiary/aromatic N) is 3. The third-order valence-corrected chi connectivity index (χ3v) is 4.73. The number of amides is 1. The zero-order valence-electron chi connectivity index (χ0n) is 16.7. The molecule has 6 nitrogen and oxygen atoms in total. The molecule has 1 aliphatic heterocycles. The van der Waals surface area contributed by atoms with E-state index in [0.717, 1.165) is 16.8 Å². The molecule has 26 heavy (non-hydrogen) atoms. The summed E-state index contributed by atoms with van der Waals surface area (Å²) in [6.45, 7) is 13.6. The maximum absolute atomic E-state index is 12.3. The molecule has 2 rings (SSSR count). The number of carbonyl (C=O) groups excluding carboxylic acids is 1. The Hall–Kier alpha value is -2.13. The number of carbonyl (C=O) groups is 1. The Morgan fingerprint density at radius 1 is 1.35 bits per heavy atom. The van der Waals surface area contributed by atoms with Crippen LogP contribution in [0.5, 0.6) is 5.88 Å². The lowest BCUT2D eigenvalue weighted by Crippen LogP contribution is -2.35. The fourth-order valence-electron chi connectivity index (χ4n) is 3.26. The van der Waals surface area contributed by atoms with Gasteiger partial charge in [-0.3, -0.25) is 4.79 Å². The van der Waals surface area contributed by atoms with Gasteiger partial charge < -0.3 is 14.4 Å². The number of hydrogen-bond donors (Lipinski definition) is 0. The van der Waals surface area contributed by atoms with Crippen LogP contribution in [0.1, 0.15) is 69.8 Å². The topological polar surface area (TPSA) is 75.5 Å². The summed E-state index contributed by atoms with van der Waals surface area (Å²) >= 11 is 0. The molecular formula is C20H29N3O3. The van der Waals surface area contributed by atoms with Crippen molar-refractivity contribution in [3.05, 3.63) is 22.4 Å². The van der Waals surface area contributed by atoms with Crippen molar-refractivity contribution in [2.75, 3.05) is 19.7 Å². The number of rotatable bonds is 6. The molecule has 142 valence electrons. The van der Waals surface area contributed by atoms with E-state index < -0.39 is 0 Å². The second kappa shape index (κ2) is 8.05. The molecule has 0 spiro atoms. The van der Waals surface area contributed by atoms with E-state index in [2.05, 4.69) is 24.9 Å². The molecule has 1 aromatic heterocycles. The van der Waals surface area contributed by atoms with E-state index >= 15 is 0 Å². The molecule has 0 aliphatic carbocycles. The predicted molar refractivity (Wildman–Crippen MR) is 99.0 cm³/mol. The van der Waals surface area contributed by atoms with E-state index in [4.69, 9.17) is 9.47 Å². The van der Waals surface area contributed by atoms with Crippen molar-refractivity contribution < 1.29 is 14.3 Å². The quantitative estimate of drug-likeness (QED) is 0.780. The molecule has 1 aromatic rings. The molecule has 0 bridgehead atoms.